The quantitative estimate of drug-likeness (QED) is 0.631. The molecule has 0 spiro atoms. The van der Waals surface area contributed by atoms with Gasteiger partial charge in [-0.2, -0.15) is 0 Å². The lowest BCUT2D eigenvalue weighted by atomic mass is 9.52. The van der Waals surface area contributed by atoms with Crippen LogP contribution < -0.4 is 10.2 Å². The molecule has 4 aliphatic carbocycles. The minimum atomic E-state index is -0.250. The average molecular weight is 431 g/mol. The molecule has 5 rings (SSSR count). The molecule has 0 aliphatic heterocycles. The topological polar surface area (TPSA) is 53.9 Å². The monoisotopic (exact) mass is 430 g/mol. The first kappa shape index (κ1) is 22.3. The Morgan fingerprint density at radius 3 is 2.13 bits per heavy atom. The molecule has 4 fully saturated rings. The van der Waals surface area contributed by atoms with Crippen molar-refractivity contribution in [3.8, 4) is 0 Å². The number of halogens is 1. The summed E-state index contributed by atoms with van der Waals surface area (Å²) in [6, 6.07) is 6.57. The van der Waals surface area contributed by atoms with E-state index in [0.717, 1.165) is 54.0 Å². The van der Waals surface area contributed by atoms with Gasteiger partial charge < -0.3 is 15.1 Å². The normalized spacial score (nSPS) is 29.6. The first-order valence-corrected chi connectivity index (χ1v) is 12.1. The molecule has 0 heterocycles. The summed E-state index contributed by atoms with van der Waals surface area (Å²) in [6.45, 7) is 6.45. The van der Waals surface area contributed by atoms with Crippen LogP contribution in [0.5, 0.6) is 0 Å². The van der Waals surface area contributed by atoms with Gasteiger partial charge in [0.2, 0.25) is 0 Å². The Balaban J connectivity index is 1.55. The highest BCUT2D eigenvalue weighted by Crippen LogP contribution is 2.58. The van der Waals surface area contributed by atoms with Gasteiger partial charge in [-0.05, 0) is 87.8 Å². The van der Waals surface area contributed by atoms with Gasteiger partial charge in [-0.25, -0.2) is 4.39 Å². The Morgan fingerprint density at radius 1 is 1.03 bits per heavy atom. The zero-order valence-electron chi connectivity index (χ0n) is 19.0. The van der Waals surface area contributed by atoms with Crippen LogP contribution in [0.2, 0.25) is 0 Å². The second kappa shape index (κ2) is 9.27. The van der Waals surface area contributed by atoms with Crippen molar-refractivity contribution >= 4 is 11.8 Å². The van der Waals surface area contributed by atoms with Gasteiger partial charge in [0, 0.05) is 18.6 Å². The lowest BCUT2D eigenvalue weighted by molar-refractivity contribution is -0.882. The van der Waals surface area contributed by atoms with Crippen LogP contribution in [0.1, 0.15) is 57.9 Å². The Labute approximate surface area is 185 Å². The van der Waals surface area contributed by atoms with Crippen molar-refractivity contribution in [1.82, 2.24) is 10.2 Å². The van der Waals surface area contributed by atoms with Crippen molar-refractivity contribution in [3.63, 3.8) is 0 Å². The number of nitrogens with one attached hydrogen (secondary N) is 2. The van der Waals surface area contributed by atoms with E-state index in [9.17, 15) is 14.0 Å². The maximum Gasteiger partial charge on any atom is 0.278 e. The van der Waals surface area contributed by atoms with Crippen molar-refractivity contribution in [2.75, 3.05) is 26.2 Å². The number of nitrogens with zero attached hydrogens (tertiary/aromatic N) is 1. The number of carbonyl (C=O) groups excluding carboxylic acids is 2. The summed E-state index contributed by atoms with van der Waals surface area (Å²) < 4.78 is 13.5. The molecule has 31 heavy (non-hydrogen) atoms. The summed E-state index contributed by atoms with van der Waals surface area (Å²) in [4.78, 5) is 29.0. The molecule has 6 heteroatoms. The van der Waals surface area contributed by atoms with Gasteiger partial charge in [0.15, 0.2) is 13.1 Å². The average Bonchev–Trinajstić information content (AvgIpc) is 2.71. The van der Waals surface area contributed by atoms with E-state index in [1.165, 1.54) is 31.4 Å². The summed E-state index contributed by atoms with van der Waals surface area (Å²) >= 11 is 0. The fourth-order valence-electron chi connectivity index (χ4n) is 6.80. The van der Waals surface area contributed by atoms with Crippen molar-refractivity contribution in [1.29, 1.82) is 0 Å². The van der Waals surface area contributed by atoms with E-state index in [-0.39, 0.29) is 23.2 Å². The fraction of sp³-hybridized carbons (Fsp3) is 0.680. The third kappa shape index (κ3) is 4.94. The highest BCUT2D eigenvalue weighted by Gasteiger charge is 2.54. The predicted octanol–water partition coefficient (Wildman–Crippen LogP) is 2.16. The molecular weight excluding hydrogens is 393 g/mol. The molecule has 0 saturated heterocycles. The first-order valence-electron chi connectivity index (χ1n) is 12.1. The molecule has 2 amide bonds. The minimum Gasteiger partial charge on any atom is -0.351 e. The molecule has 170 valence electrons. The molecule has 0 radical (unpaired) electrons. The van der Waals surface area contributed by atoms with Gasteiger partial charge in [-0.1, -0.05) is 12.1 Å². The van der Waals surface area contributed by atoms with Gasteiger partial charge >= 0.3 is 0 Å². The molecular formula is C25H37FN3O2+. The van der Waals surface area contributed by atoms with Gasteiger partial charge in [0.1, 0.15) is 5.82 Å². The van der Waals surface area contributed by atoms with Crippen LogP contribution in [0.25, 0.3) is 0 Å². The van der Waals surface area contributed by atoms with Crippen LogP contribution in [0.3, 0.4) is 0 Å². The number of benzene rings is 1. The number of carbonyl (C=O) groups is 2. The maximum absolute atomic E-state index is 13.7. The molecule has 4 bridgehead atoms. The molecule has 4 saturated carbocycles. The van der Waals surface area contributed by atoms with E-state index in [4.69, 9.17) is 0 Å². The molecule has 4 aliphatic rings. The van der Waals surface area contributed by atoms with E-state index >= 15 is 0 Å². The van der Waals surface area contributed by atoms with Crippen LogP contribution in [0, 0.1) is 23.6 Å². The van der Waals surface area contributed by atoms with Crippen LogP contribution in [-0.2, 0) is 16.1 Å². The molecule has 1 aromatic carbocycles. The van der Waals surface area contributed by atoms with Gasteiger partial charge in [-0.3, -0.25) is 9.59 Å². The second-order valence-corrected chi connectivity index (χ2v) is 10.2. The zero-order chi connectivity index (χ0) is 22.0. The van der Waals surface area contributed by atoms with Crippen molar-refractivity contribution in [2.24, 2.45) is 17.8 Å². The molecule has 1 aromatic rings. The van der Waals surface area contributed by atoms with E-state index in [1.807, 2.05) is 13.8 Å². The maximum atomic E-state index is 13.7. The van der Waals surface area contributed by atoms with Gasteiger partial charge in [0.05, 0.1) is 6.54 Å². The van der Waals surface area contributed by atoms with E-state index < -0.39 is 0 Å². The lowest BCUT2D eigenvalue weighted by Crippen LogP contribution is -3.14. The lowest BCUT2D eigenvalue weighted by Gasteiger charge is -2.60. The summed E-state index contributed by atoms with van der Waals surface area (Å²) in [7, 11) is 0. The van der Waals surface area contributed by atoms with Crippen LogP contribution >= 0.6 is 0 Å². The van der Waals surface area contributed by atoms with Crippen LogP contribution in [0.15, 0.2) is 24.3 Å². The smallest absolute Gasteiger partial charge is 0.278 e. The Bertz CT molecular complexity index is 759. The summed E-state index contributed by atoms with van der Waals surface area (Å²) in [5.74, 6) is 2.08. The van der Waals surface area contributed by atoms with Crippen molar-refractivity contribution in [2.45, 2.75) is 64.5 Å². The van der Waals surface area contributed by atoms with Crippen LogP contribution in [0.4, 0.5) is 4.39 Å². The number of likely N-dealkylation sites (N-methyl/N-ethyl adjacent to an activating group) is 2. The third-order valence-corrected chi connectivity index (χ3v) is 7.82. The Hall–Kier alpha value is -1.95. The summed E-state index contributed by atoms with van der Waals surface area (Å²) in [5.41, 5.74) is 0.914. The molecule has 1 atom stereocenters. The van der Waals surface area contributed by atoms with Gasteiger partial charge in [-0.15, -0.1) is 0 Å². The van der Waals surface area contributed by atoms with E-state index in [1.54, 1.807) is 12.1 Å². The Kier molecular flexibility index (Phi) is 6.65. The number of hydrogen-bond acceptors (Lipinski definition) is 2. The van der Waals surface area contributed by atoms with Crippen LogP contribution in [-0.4, -0.2) is 48.4 Å². The SMILES string of the molecule is CCNC(=O)C[NH+](CC)CC(=O)N(Cc1ccc(F)cc1)C12CC3CC(CC(C3)C1)C2. The molecule has 5 nitrogen and oxygen atoms in total. The van der Waals surface area contributed by atoms with Crippen molar-refractivity contribution < 1.29 is 18.9 Å². The predicted molar refractivity (Wildman–Crippen MR) is 118 cm³/mol. The first-order chi connectivity index (χ1) is 14.9. The third-order valence-electron chi connectivity index (χ3n) is 7.82. The second-order valence-electron chi connectivity index (χ2n) is 10.2. The highest BCUT2D eigenvalue weighted by molar-refractivity contribution is 5.79. The molecule has 1 unspecified atom stereocenters. The number of hydrogen-bond donors (Lipinski definition) is 2. The van der Waals surface area contributed by atoms with E-state index in [0.29, 0.717) is 26.2 Å². The molecule has 2 N–H and O–H groups in total. The zero-order valence-corrected chi connectivity index (χ0v) is 19.0. The van der Waals surface area contributed by atoms with Gasteiger partial charge in [0.25, 0.3) is 11.8 Å². The molecule has 0 aromatic heterocycles. The van der Waals surface area contributed by atoms with Crippen molar-refractivity contribution in [3.05, 3.63) is 35.6 Å². The Morgan fingerprint density at radius 2 is 1.61 bits per heavy atom. The summed E-state index contributed by atoms with van der Waals surface area (Å²) in [6.07, 6.45) is 7.27. The fourth-order valence-corrected chi connectivity index (χ4v) is 6.80. The number of amides is 2. The summed E-state index contributed by atoms with van der Waals surface area (Å²) in [5, 5.41) is 2.85. The largest absolute Gasteiger partial charge is 0.351 e. The number of quaternary nitrogens is 1. The van der Waals surface area contributed by atoms with E-state index in [2.05, 4.69) is 10.2 Å². The standard InChI is InChI=1S/C25H36FN3O2/c1-3-27-23(30)16-28(4-2)17-24(31)29(15-18-5-7-22(26)8-6-18)25-12-19-9-20(13-25)11-21(10-19)14-25/h5-8,19-21H,3-4,9-17H2,1-2H3,(H,27,30)/p+1. The number of rotatable bonds is 9. The minimum absolute atomic E-state index is 0.00737. The highest BCUT2D eigenvalue weighted by atomic mass is 19.1.